The lowest BCUT2D eigenvalue weighted by atomic mass is 9.78. The lowest BCUT2D eigenvalue weighted by Crippen LogP contribution is -2.49. The summed E-state index contributed by atoms with van der Waals surface area (Å²) in [4.78, 5) is 19.1. The van der Waals surface area contributed by atoms with E-state index in [9.17, 15) is 4.79 Å². The van der Waals surface area contributed by atoms with Crippen molar-refractivity contribution in [3.05, 3.63) is 35.9 Å². The maximum Gasteiger partial charge on any atom is 0.238 e. The maximum absolute atomic E-state index is 12.7. The molecule has 4 rings (SSSR count). The van der Waals surface area contributed by atoms with Crippen molar-refractivity contribution in [2.75, 3.05) is 18.4 Å². The van der Waals surface area contributed by atoms with Crippen LogP contribution in [0.2, 0.25) is 5.02 Å². The van der Waals surface area contributed by atoms with Crippen LogP contribution in [0.3, 0.4) is 0 Å². The van der Waals surface area contributed by atoms with Gasteiger partial charge in [0, 0.05) is 11.1 Å². The first-order valence-electron chi connectivity index (χ1n) is 9.39. The molecule has 2 aliphatic rings. The number of carbonyl (C=O) groups is 1. The number of rotatable bonds is 4. The van der Waals surface area contributed by atoms with Crippen molar-refractivity contribution in [2.45, 2.75) is 44.6 Å². The molecule has 2 aromatic rings. The Balaban J connectivity index is 1.47. The predicted molar refractivity (Wildman–Crippen MR) is 102 cm³/mol. The third-order valence-electron chi connectivity index (χ3n) is 5.60. The number of hydrogen-bond acceptors (Lipinski definition) is 4. The molecule has 1 N–H and O–H groups in total. The number of fused-ring (bicyclic) bond motifs is 1. The van der Waals surface area contributed by atoms with E-state index in [2.05, 4.69) is 20.3 Å². The number of benzene rings is 1. The fourth-order valence-electron chi connectivity index (χ4n) is 4.44. The van der Waals surface area contributed by atoms with Crippen LogP contribution in [0.4, 0.5) is 5.69 Å². The number of hydrogen-bond donors (Lipinski definition) is 1. The number of nitrogens with one attached hydrogen (secondary N) is 1. The summed E-state index contributed by atoms with van der Waals surface area (Å²) in [5, 5.41) is 7.76. The highest BCUT2D eigenvalue weighted by atomic mass is 35.5. The van der Waals surface area contributed by atoms with Gasteiger partial charge >= 0.3 is 0 Å². The van der Waals surface area contributed by atoms with Gasteiger partial charge in [-0.15, -0.1) is 0 Å². The highest BCUT2D eigenvalue weighted by Gasteiger charge is 2.33. The minimum atomic E-state index is -0.000134. The Kier molecular flexibility index (Phi) is 5.22. The van der Waals surface area contributed by atoms with Gasteiger partial charge in [0.05, 0.1) is 17.9 Å². The fourth-order valence-corrected chi connectivity index (χ4v) is 4.61. The van der Waals surface area contributed by atoms with Crippen molar-refractivity contribution < 1.29 is 4.79 Å². The second-order valence-electron chi connectivity index (χ2n) is 7.27. The highest BCUT2D eigenvalue weighted by Crippen LogP contribution is 2.35. The van der Waals surface area contributed by atoms with Crippen molar-refractivity contribution in [1.82, 2.24) is 19.7 Å². The Labute approximate surface area is 158 Å². The molecule has 138 valence electrons. The standard InChI is InChI=1S/C19H24ClN5O/c20-15-7-8-18(25-13-21-12-22-25)16(10-15)23-19(26)11-24-9-3-5-14-4-1-2-6-17(14)24/h7-8,10,12-14,17H,1-6,9,11H2,(H,23,26). The Morgan fingerprint density at radius 3 is 2.92 bits per heavy atom. The monoisotopic (exact) mass is 373 g/mol. The summed E-state index contributed by atoms with van der Waals surface area (Å²) >= 11 is 6.14. The van der Waals surface area contributed by atoms with E-state index in [-0.39, 0.29) is 5.91 Å². The van der Waals surface area contributed by atoms with Gasteiger partial charge in [-0.1, -0.05) is 24.4 Å². The molecule has 2 heterocycles. The molecule has 2 fully saturated rings. The molecular weight excluding hydrogens is 350 g/mol. The molecule has 1 aromatic heterocycles. The summed E-state index contributed by atoms with van der Waals surface area (Å²) in [5.74, 6) is 0.766. The van der Waals surface area contributed by atoms with Crippen LogP contribution in [0.25, 0.3) is 5.69 Å². The van der Waals surface area contributed by atoms with Gasteiger partial charge in [-0.25, -0.2) is 9.67 Å². The molecule has 0 bridgehead atoms. The lowest BCUT2D eigenvalue weighted by molar-refractivity contribution is -0.118. The molecule has 6 nitrogen and oxygen atoms in total. The van der Waals surface area contributed by atoms with E-state index < -0.39 is 0 Å². The first kappa shape index (κ1) is 17.5. The van der Waals surface area contributed by atoms with Crippen LogP contribution in [0.15, 0.2) is 30.9 Å². The highest BCUT2D eigenvalue weighted by molar-refractivity contribution is 6.31. The number of likely N-dealkylation sites (tertiary alicyclic amines) is 1. The Hall–Kier alpha value is -1.92. The minimum Gasteiger partial charge on any atom is -0.323 e. The number of halogens is 1. The third kappa shape index (κ3) is 3.76. The molecule has 0 spiro atoms. The van der Waals surface area contributed by atoms with Gasteiger partial charge in [-0.3, -0.25) is 9.69 Å². The van der Waals surface area contributed by atoms with Crippen LogP contribution in [-0.2, 0) is 4.79 Å². The number of nitrogens with zero attached hydrogens (tertiary/aromatic N) is 4. The lowest BCUT2D eigenvalue weighted by Gasteiger charge is -2.43. The van der Waals surface area contributed by atoms with Gasteiger partial charge in [0.15, 0.2) is 0 Å². The molecule has 2 atom stereocenters. The van der Waals surface area contributed by atoms with Crippen molar-refractivity contribution in [3.8, 4) is 5.69 Å². The van der Waals surface area contributed by atoms with E-state index in [1.54, 1.807) is 23.1 Å². The van der Waals surface area contributed by atoms with E-state index in [1.165, 1.54) is 44.9 Å². The second-order valence-corrected chi connectivity index (χ2v) is 7.71. The van der Waals surface area contributed by atoms with E-state index in [1.807, 2.05) is 6.07 Å². The van der Waals surface area contributed by atoms with Crippen LogP contribution in [0, 0.1) is 5.92 Å². The SMILES string of the molecule is O=C(CN1CCCC2CCCCC21)Nc1cc(Cl)ccc1-n1cncn1. The van der Waals surface area contributed by atoms with E-state index in [0.29, 0.717) is 23.3 Å². The smallest absolute Gasteiger partial charge is 0.238 e. The van der Waals surface area contributed by atoms with Gasteiger partial charge in [0.1, 0.15) is 12.7 Å². The number of amides is 1. The molecular formula is C19H24ClN5O. The minimum absolute atomic E-state index is 0.000134. The molecule has 1 saturated carbocycles. The molecule has 0 radical (unpaired) electrons. The van der Waals surface area contributed by atoms with Gasteiger partial charge in [-0.05, 0) is 56.3 Å². The number of anilines is 1. The summed E-state index contributed by atoms with van der Waals surface area (Å²) in [6.07, 6.45) is 10.7. The normalized spacial score (nSPS) is 23.4. The topological polar surface area (TPSA) is 63.1 Å². The van der Waals surface area contributed by atoms with Crippen LogP contribution in [-0.4, -0.2) is 44.7 Å². The summed E-state index contributed by atoms with van der Waals surface area (Å²) in [6.45, 7) is 1.45. The van der Waals surface area contributed by atoms with Gasteiger partial charge in [0.25, 0.3) is 0 Å². The summed E-state index contributed by atoms with van der Waals surface area (Å²) in [6, 6.07) is 5.95. The molecule has 1 aromatic carbocycles. The molecule has 26 heavy (non-hydrogen) atoms. The quantitative estimate of drug-likeness (QED) is 0.890. The van der Waals surface area contributed by atoms with Crippen molar-refractivity contribution in [1.29, 1.82) is 0 Å². The molecule has 1 aliphatic carbocycles. The number of carbonyl (C=O) groups excluding carboxylic acids is 1. The molecule has 1 amide bonds. The van der Waals surface area contributed by atoms with Crippen molar-refractivity contribution >= 4 is 23.2 Å². The first-order valence-corrected chi connectivity index (χ1v) is 9.77. The summed E-state index contributed by atoms with van der Waals surface area (Å²) < 4.78 is 1.63. The van der Waals surface area contributed by atoms with Gasteiger partial charge < -0.3 is 5.32 Å². The molecule has 1 aliphatic heterocycles. The van der Waals surface area contributed by atoms with Crippen LogP contribution in [0.5, 0.6) is 0 Å². The molecule has 7 heteroatoms. The van der Waals surface area contributed by atoms with E-state index in [4.69, 9.17) is 11.6 Å². The second kappa shape index (κ2) is 7.76. The molecule has 1 saturated heterocycles. The zero-order chi connectivity index (χ0) is 17.9. The predicted octanol–water partition coefficient (Wildman–Crippen LogP) is 3.51. The summed E-state index contributed by atoms with van der Waals surface area (Å²) in [7, 11) is 0. The third-order valence-corrected chi connectivity index (χ3v) is 5.84. The van der Waals surface area contributed by atoms with E-state index >= 15 is 0 Å². The van der Waals surface area contributed by atoms with E-state index in [0.717, 1.165) is 18.2 Å². The fraction of sp³-hybridized carbons (Fsp3) is 0.526. The van der Waals surface area contributed by atoms with Crippen LogP contribution < -0.4 is 5.32 Å². The van der Waals surface area contributed by atoms with Crippen molar-refractivity contribution in [2.24, 2.45) is 5.92 Å². The summed E-state index contributed by atoms with van der Waals surface area (Å²) in [5.41, 5.74) is 1.42. The Morgan fingerprint density at radius 2 is 2.08 bits per heavy atom. The number of aromatic nitrogens is 3. The zero-order valence-corrected chi connectivity index (χ0v) is 15.5. The zero-order valence-electron chi connectivity index (χ0n) is 14.8. The maximum atomic E-state index is 12.7. The van der Waals surface area contributed by atoms with Crippen LogP contribution >= 0.6 is 11.6 Å². The average Bonchev–Trinajstić information content (AvgIpc) is 3.16. The first-order chi connectivity index (χ1) is 12.7. The average molecular weight is 374 g/mol. The largest absolute Gasteiger partial charge is 0.323 e. The molecule has 2 unspecified atom stereocenters. The Morgan fingerprint density at radius 1 is 1.23 bits per heavy atom. The Bertz CT molecular complexity index is 761. The van der Waals surface area contributed by atoms with Gasteiger partial charge in [0.2, 0.25) is 5.91 Å². The van der Waals surface area contributed by atoms with Crippen molar-refractivity contribution in [3.63, 3.8) is 0 Å². The number of piperidine rings is 1. The van der Waals surface area contributed by atoms with Gasteiger partial charge in [-0.2, -0.15) is 5.10 Å². The van der Waals surface area contributed by atoms with Crippen LogP contribution in [0.1, 0.15) is 38.5 Å².